The molecule has 2 nitrogen and oxygen atoms in total. The van der Waals surface area contributed by atoms with Gasteiger partial charge in [-0.3, -0.25) is 0 Å². The lowest BCUT2D eigenvalue weighted by molar-refractivity contribution is 0.588. The van der Waals surface area contributed by atoms with Gasteiger partial charge in [-0.05, 0) is 46.5 Å². The molecule has 0 unspecified atom stereocenters. The number of hydrogen-bond donors (Lipinski definition) is 1. The Morgan fingerprint density at radius 1 is 1.16 bits per heavy atom. The molecular formula is C16H25BrN2. The van der Waals surface area contributed by atoms with Crippen molar-refractivity contribution in [2.24, 2.45) is 0 Å². The zero-order valence-electron chi connectivity index (χ0n) is 12.1. The minimum Gasteiger partial charge on any atom is -0.371 e. The van der Waals surface area contributed by atoms with Gasteiger partial charge in [0.25, 0.3) is 0 Å². The summed E-state index contributed by atoms with van der Waals surface area (Å²) in [6, 6.07) is 7.31. The summed E-state index contributed by atoms with van der Waals surface area (Å²) in [4.78, 5) is 2.52. The summed E-state index contributed by atoms with van der Waals surface area (Å²) in [6.45, 7) is 7.70. The molecule has 1 aliphatic rings. The summed E-state index contributed by atoms with van der Waals surface area (Å²) in [6.07, 6.45) is 5.40. The lowest BCUT2D eigenvalue weighted by Crippen LogP contribution is -2.24. The van der Waals surface area contributed by atoms with E-state index in [1.54, 1.807) is 0 Å². The maximum Gasteiger partial charge on any atom is 0.0510 e. The van der Waals surface area contributed by atoms with E-state index in [2.05, 4.69) is 58.2 Å². The van der Waals surface area contributed by atoms with Crippen LogP contribution in [-0.4, -0.2) is 19.1 Å². The molecule has 1 aromatic rings. The zero-order chi connectivity index (χ0) is 13.7. The van der Waals surface area contributed by atoms with Crippen molar-refractivity contribution in [2.45, 2.75) is 52.1 Å². The van der Waals surface area contributed by atoms with Gasteiger partial charge >= 0.3 is 0 Å². The van der Waals surface area contributed by atoms with Gasteiger partial charge in [0, 0.05) is 30.1 Å². The molecule has 0 aromatic heterocycles. The number of hydrogen-bond acceptors (Lipinski definition) is 2. The van der Waals surface area contributed by atoms with Crippen LogP contribution in [0, 0.1) is 0 Å². The molecule has 0 atom stereocenters. The van der Waals surface area contributed by atoms with Crippen LogP contribution in [0.5, 0.6) is 0 Å². The number of nitrogens with one attached hydrogen (secondary N) is 1. The van der Waals surface area contributed by atoms with Crippen LogP contribution in [-0.2, 0) is 6.54 Å². The maximum atomic E-state index is 3.75. The molecule has 1 aliphatic heterocycles. The van der Waals surface area contributed by atoms with Crippen molar-refractivity contribution in [1.29, 1.82) is 0 Å². The van der Waals surface area contributed by atoms with Crippen molar-refractivity contribution >= 4 is 21.6 Å². The summed E-state index contributed by atoms with van der Waals surface area (Å²) in [5.41, 5.74) is 2.70. The third-order valence-corrected chi connectivity index (χ3v) is 4.31. The predicted octanol–water partition coefficient (Wildman–Crippen LogP) is 4.33. The second-order valence-electron chi connectivity index (χ2n) is 5.72. The molecule has 2 rings (SSSR count). The Balaban J connectivity index is 2.05. The van der Waals surface area contributed by atoms with Gasteiger partial charge in [0.15, 0.2) is 0 Å². The molecule has 3 heteroatoms. The third kappa shape index (κ3) is 4.50. The summed E-state index contributed by atoms with van der Waals surface area (Å²) in [5, 5.41) is 3.46. The van der Waals surface area contributed by atoms with Crippen LogP contribution in [0.1, 0.15) is 45.1 Å². The number of halogens is 1. The molecule has 106 valence electrons. The monoisotopic (exact) mass is 324 g/mol. The SMILES string of the molecule is CC(C)NCc1ccc(N2CCCCCC2)c(Br)c1. The number of anilines is 1. The summed E-state index contributed by atoms with van der Waals surface area (Å²) < 4.78 is 1.23. The van der Waals surface area contributed by atoms with Gasteiger partial charge in [0.2, 0.25) is 0 Å². The fourth-order valence-corrected chi connectivity index (χ4v) is 3.23. The summed E-state index contributed by atoms with van der Waals surface area (Å²) in [7, 11) is 0. The highest BCUT2D eigenvalue weighted by molar-refractivity contribution is 9.10. The second-order valence-corrected chi connectivity index (χ2v) is 6.58. The average Bonchev–Trinajstić information content (AvgIpc) is 2.65. The Morgan fingerprint density at radius 3 is 2.42 bits per heavy atom. The fourth-order valence-electron chi connectivity index (χ4n) is 2.55. The molecule has 1 N–H and O–H groups in total. The lowest BCUT2D eigenvalue weighted by atomic mass is 10.2. The predicted molar refractivity (Wildman–Crippen MR) is 86.8 cm³/mol. The highest BCUT2D eigenvalue weighted by atomic mass is 79.9. The van der Waals surface area contributed by atoms with Gasteiger partial charge in [-0.25, -0.2) is 0 Å². The minimum atomic E-state index is 0.532. The smallest absolute Gasteiger partial charge is 0.0510 e. The molecule has 1 aromatic carbocycles. The molecule has 0 aliphatic carbocycles. The average molecular weight is 325 g/mol. The maximum absolute atomic E-state index is 3.75. The first-order valence-electron chi connectivity index (χ1n) is 7.43. The van der Waals surface area contributed by atoms with Crippen molar-refractivity contribution in [3.05, 3.63) is 28.2 Å². The molecular weight excluding hydrogens is 300 g/mol. The van der Waals surface area contributed by atoms with Crippen molar-refractivity contribution in [2.75, 3.05) is 18.0 Å². The van der Waals surface area contributed by atoms with Crippen LogP contribution in [0.4, 0.5) is 5.69 Å². The quantitative estimate of drug-likeness (QED) is 0.886. The van der Waals surface area contributed by atoms with E-state index in [1.165, 1.54) is 54.5 Å². The van der Waals surface area contributed by atoms with E-state index in [-0.39, 0.29) is 0 Å². The van der Waals surface area contributed by atoms with Crippen molar-refractivity contribution in [1.82, 2.24) is 5.32 Å². The Kier molecular flexibility index (Phi) is 5.71. The van der Waals surface area contributed by atoms with Crippen molar-refractivity contribution in [3.8, 4) is 0 Å². The largest absolute Gasteiger partial charge is 0.371 e. The Labute approximate surface area is 125 Å². The Morgan fingerprint density at radius 2 is 1.84 bits per heavy atom. The Bertz CT molecular complexity index is 396. The van der Waals surface area contributed by atoms with E-state index < -0.39 is 0 Å². The van der Waals surface area contributed by atoms with Crippen LogP contribution in [0.25, 0.3) is 0 Å². The highest BCUT2D eigenvalue weighted by Crippen LogP contribution is 2.29. The van der Waals surface area contributed by atoms with Gasteiger partial charge < -0.3 is 10.2 Å². The van der Waals surface area contributed by atoms with E-state index in [0.717, 1.165) is 6.54 Å². The van der Waals surface area contributed by atoms with Gasteiger partial charge in [-0.2, -0.15) is 0 Å². The molecule has 0 bridgehead atoms. The van der Waals surface area contributed by atoms with E-state index in [1.807, 2.05) is 0 Å². The first-order valence-corrected chi connectivity index (χ1v) is 8.23. The van der Waals surface area contributed by atoms with Crippen LogP contribution >= 0.6 is 15.9 Å². The second kappa shape index (κ2) is 7.30. The number of nitrogens with zero attached hydrogens (tertiary/aromatic N) is 1. The normalized spacial score (nSPS) is 16.7. The van der Waals surface area contributed by atoms with Gasteiger partial charge in [-0.15, -0.1) is 0 Å². The van der Waals surface area contributed by atoms with Gasteiger partial charge in [0.05, 0.1) is 5.69 Å². The first-order chi connectivity index (χ1) is 9.16. The van der Waals surface area contributed by atoms with Crippen LogP contribution in [0.15, 0.2) is 22.7 Å². The fraction of sp³-hybridized carbons (Fsp3) is 0.625. The molecule has 19 heavy (non-hydrogen) atoms. The zero-order valence-corrected chi connectivity index (χ0v) is 13.7. The molecule has 1 fully saturated rings. The van der Waals surface area contributed by atoms with Crippen LogP contribution in [0.2, 0.25) is 0 Å². The first kappa shape index (κ1) is 14.9. The highest BCUT2D eigenvalue weighted by Gasteiger charge is 2.12. The molecule has 0 saturated carbocycles. The van der Waals surface area contributed by atoms with E-state index in [4.69, 9.17) is 0 Å². The molecule has 0 amide bonds. The van der Waals surface area contributed by atoms with Crippen LogP contribution in [0.3, 0.4) is 0 Å². The molecule has 1 heterocycles. The molecule has 1 saturated heterocycles. The van der Waals surface area contributed by atoms with E-state index in [0.29, 0.717) is 6.04 Å². The van der Waals surface area contributed by atoms with E-state index in [9.17, 15) is 0 Å². The van der Waals surface area contributed by atoms with Crippen molar-refractivity contribution in [3.63, 3.8) is 0 Å². The lowest BCUT2D eigenvalue weighted by Gasteiger charge is -2.24. The topological polar surface area (TPSA) is 15.3 Å². The third-order valence-electron chi connectivity index (χ3n) is 3.67. The standard InChI is InChI=1S/C16H25BrN2/c1-13(2)18-12-14-7-8-16(15(17)11-14)19-9-5-3-4-6-10-19/h7-8,11,13,18H,3-6,9-10,12H2,1-2H3. The molecule has 0 spiro atoms. The van der Waals surface area contributed by atoms with Crippen LogP contribution < -0.4 is 10.2 Å². The Hall–Kier alpha value is -0.540. The molecule has 0 radical (unpaired) electrons. The summed E-state index contributed by atoms with van der Waals surface area (Å²) >= 11 is 3.75. The number of rotatable bonds is 4. The minimum absolute atomic E-state index is 0.532. The van der Waals surface area contributed by atoms with Gasteiger partial charge in [0.1, 0.15) is 0 Å². The summed E-state index contributed by atoms with van der Waals surface area (Å²) in [5.74, 6) is 0. The van der Waals surface area contributed by atoms with E-state index >= 15 is 0 Å². The van der Waals surface area contributed by atoms with Crippen molar-refractivity contribution < 1.29 is 0 Å². The number of benzene rings is 1. The van der Waals surface area contributed by atoms with Gasteiger partial charge in [-0.1, -0.05) is 32.8 Å².